The van der Waals surface area contributed by atoms with Crippen molar-refractivity contribution in [3.63, 3.8) is 0 Å². The standard InChI is InChI=1S/C31H44O7/c1-16-22-17(27(4,5)25(36)23(16)35)10-11-19-28(6)14-18(32)24(29(28,7)15-21(34)30(19,22)8)31(9,38)20(33)12-13-26(2,3)37/h10,12-13,18-19,22,24,32,35,37-38H,11,14-15H2,1-9H3/t18-,19+,22+,24+,28+,29-,30+,31+/m1/s1. The Hall–Kier alpha value is -2.09. The fourth-order valence-corrected chi connectivity index (χ4v) is 8.99. The van der Waals surface area contributed by atoms with E-state index < -0.39 is 56.6 Å². The lowest BCUT2D eigenvalue weighted by Crippen LogP contribution is -2.64. The molecular formula is C31H44O7. The Morgan fingerprint density at radius 2 is 1.63 bits per heavy atom. The summed E-state index contributed by atoms with van der Waals surface area (Å²) in [6, 6.07) is 0. The normalized spacial score (nSPS) is 42.4. The van der Waals surface area contributed by atoms with Crippen molar-refractivity contribution in [1.82, 2.24) is 0 Å². The first kappa shape index (κ1) is 28.9. The number of Topliss-reactive ketones (excluding diaryl/α,β-unsaturated/α-hetero) is 2. The molecule has 210 valence electrons. The van der Waals surface area contributed by atoms with Gasteiger partial charge >= 0.3 is 0 Å². The lowest BCUT2D eigenvalue weighted by molar-refractivity contribution is -0.179. The van der Waals surface area contributed by atoms with Crippen LogP contribution in [0.4, 0.5) is 0 Å². The fourth-order valence-electron chi connectivity index (χ4n) is 8.99. The van der Waals surface area contributed by atoms with Crippen molar-refractivity contribution in [1.29, 1.82) is 0 Å². The van der Waals surface area contributed by atoms with Crippen LogP contribution in [-0.4, -0.2) is 55.1 Å². The van der Waals surface area contributed by atoms with Crippen molar-refractivity contribution in [2.24, 2.45) is 39.4 Å². The van der Waals surface area contributed by atoms with Gasteiger partial charge in [-0.05, 0) is 82.8 Å². The number of aliphatic hydroxyl groups is 4. The van der Waals surface area contributed by atoms with Gasteiger partial charge in [-0.1, -0.05) is 38.5 Å². The van der Waals surface area contributed by atoms with Crippen molar-refractivity contribution in [2.75, 3.05) is 0 Å². The largest absolute Gasteiger partial charge is 0.504 e. The molecular weight excluding hydrogens is 484 g/mol. The zero-order chi connectivity index (χ0) is 29.0. The zero-order valence-corrected chi connectivity index (χ0v) is 24.2. The molecule has 38 heavy (non-hydrogen) atoms. The summed E-state index contributed by atoms with van der Waals surface area (Å²) in [5.41, 5.74) is -5.27. The van der Waals surface area contributed by atoms with E-state index in [4.69, 9.17) is 0 Å². The predicted octanol–water partition coefficient (Wildman–Crippen LogP) is 4.01. The first-order valence-corrected chi connectivity index (χ1v) is 13.6. The second-order valence-electron chi connectivity index (χ2n) is 14.3. The van der Waals surface area contributed by atoms with Crippen molar-refractivity contribution in [3.8, 4) is 0 Å². The van der Waals surface area contributed by atoms with Crippen LogP contribution in [0.5, 0.6) is 0 Å². The molecule has 0 spiro atoms. The van der Waals surface area contributed by atoms with E-state index in [2.05, 4.69) is 6.92 Å². The average Bonchev–Trinajstić information content (AvgIpc) is 2.99. The Kier molecular flexibility index (Phi) is 6.25. The van der Waals surface area contributed by atoms with Gasteiger partial charge in [0.25, 0.3) is 0 Å². The van der Waals surface area contributed by atoms with E-state index in [0.29, 0.717) is 18.4 Å². The van der Waals surface area contributed by atoms with Gasteiger partial charge in [0.1, 0.15) is 11.4 Å². The molecule has 4 N–H and O–H groups in total. The lowest BCUT2D eigenvalue weighted by Gasteiger charge is -2.64. The van der Waals surface area contributed by atoms with Crippen LogP contribution in [-0.2, 0) is 14.4 Å². The Morgan fingerprint density at radius 3 is 2.18 bits per heavy atom. The SMILES string of the molecule is CC1=C(O)C(=O)C(C)(C)C2=CC[C@@H]3[C@@](C)(C(=O)C[C@]4(C)[C@@H]([C@@](C)(O)C(=O)C=CC(C)(C)O)[C@H](O)C[C@@]34C)[C@H]21. The first-order valence-electron chi connectivity index (χ1n) is 13.6. The molecule has 0 aromatic heterocycles. The van der Waals surface area contributed by atoms with Gasteiger partial charge < -0.3 is 20.4 Å². The van der Waals surface area contributed by atoms with Crippen LogP contribution in [0.2, 0.25) is 0 Å². The van der Waals surface area contributed by atoms with Gasteiger partial charge in [-0.25, -0.2) is 0 Å². The van der Waals surface area contributed by atoms with Crippen molar-refractivity contribution < 1.29 is 34.8 Å². The van der Waals surface area contributed by atoms with E-state index in [-0.39, 0.29) is 29.7 Å². The molecule has 0 unspecified atom stereocenters. The molecule has 4 rings (SSSR count). The minimum Gasteiger partial charge on any atom is -0.504 e. The third-order valence-electron chi connectivity index (χ3n) is 11.2. The Bertz CT molecular complexity index is 1190. The number of rotatable bonds is 4. The number of carbonyl (C=O) groups is 3. The highest BCUT2D eigenvalue weighted by Crippen LogP contribution is 2.74. The topological polar surface area (TPSA) is 132 Å². The fraction of sp³-hybridized carbons (Fsp3) is 0.710. The summed E-state index contributed by atoms with van der Waals surface area (Å²) in [6.45, 7) is 15.6. The molecule has 2 saturated carbocycles. The minimum absolute atomic E-state index is 0.0447. The molecule has 4 aliphatic carbocycles. The third kappa shape index (κ3) is 3.54. The van der Waals surface area contributed by atoms with Crippen molar-refractivity contribution in [2.45, 2.75) is 98.9 Å². The highest BCUT2D eigenvalue weighted by atomic mass is 16.3. The summed E-state index contributed by atoms with van der Waals surface area (Å²) in [6.07, 6.45) is 4.35. The molecule has 0 radical (unpaired) electrons. The summed E-state index contributed by atoms with van der Waals surface area (Å²) in [7, 11) is 0. The molecule has 0 aromatic carbocycles. The van der Waals surface area contributed by atoms with Crippen molar-refractivity contribution >= 4 is 17.3 Å². The van der Waals surface area contributed by atoms with Crippen LogP contribution in [0.25, 0.3) is 0 Å². The zero-order valence-electron chi connectivity index (χ0n) is 24.2. The number of allylic oxidation sites excluding steroid dienone is 4. The van der Waals surface area contributed by atoms with Gasteiger partial charge in [0.2, 0.25) is 5.78 Å². The predicted molar refractivity (Wildman–Crippen MR) is 143 cm³/mol. The van der Waals surface area contributed by atoms with E-state index in [0.717, 1.165) is 11.6 Å². The monoisotopic (exact) mass is 528 g/mol. The van der Waals surface area contributed by atoms with E-state index in [1.54, 1.807) is 20.8 Å². The number of hydrogen-bond donors (Lipinski definition) is 4. The third-order valence-corrected chi connectivity index (χ3v) is 11.2. The van der Waals surface area contributed by atoms with Gasteiger partial charge in [-0.3, -0.25) is 14.4 Å². The molecule has 2 fully saturated rings. The summed E-state index contributed by atoms with van der Waals surface area (Å²) >= 11 is 0. The molecule has 7 heteroatoms. The summed E-state index contributed by atoms with van der Waals surface area (Å²) < 4.78 is 0. The van der Waals surface area contributed by atoms with Crippen LogP contribution in [0.3, 0.4) is 0 Å². The van der Waals surface area contributed by atoms with Gasteiger partial charge in [-0.2, -0.15) is 0 Å². The van der Waals surface area contributed by atoms with Gasteiger partial charge in [-0.15, -0.1) is 0 Å². The van der Waals surface area contributed by atoms with Crippen LogP contribution < -0.4 is 0 Å². The van der Waals surface area contributed by atoms with Crippen LogP contribution >= 0.6 is 0 Å². The second kappa shape index (κ2) is 8.21. The van der Waals surface area contributed by atoms with Crippen LogP contribution in [0, 0.1) is 39.4 Å². The number of hydrogen-bond acceptors (Lipinski definition) is 7. The highest BCUT2D eigenvalue weighted by molar-refractivity contribution is 6.03. The lowest BCUT2D eigenvalue weighted by atomic mass is 9.38. The van der Waals surface area contributed by atoms with Gasteiger partial charge in [0.15, 0.2) is 11.5 Å². The maximum atomic E-state index is 14.3. The highest BCUT2D eigenvalue weighted by Gasteiger charge is 2.74. The molecule has 8 atom stereocenters. The summed E-state index contributed by atoms with van der Waals surface area (Å²) in [5.74, 6) is -2.91. The second-order valence-corrected chi connectivity index (χ2v) is 14.3. The van der Waals surface area contributed by atoms with Crippen LogP contribution in [0.1, 0.15) is 81.6 Å². The summed E-state index contributed by atoms with van der Waals surface area (Å²) in [4.78, 5) is 40.6. The minimum atomic E-state index is -1.97. The maximum Gasteiger partial charge on any atom is 0.206 e. The first-order chi connectivity index (χ1) is 17.1. The number of fused-ring (bicyclic) bond motifs is 5. The van der Waals surface area contributed by atoms with Gasteiger partial charge in [0.05, 0.1) is 17.1 Å². The number of ketones is 3. The molecule has 0 amide bonds. The smallest absolute Gasteiger partial charge is 0.206 e. The van der Waals surface area contributed by atoms with Crippen LogP contribution in [0.15, 0.2) is 35.1 Å². The van der Waals surface area contributed by atoms with E-state index in [9.17, 15) is 34.8 Å². The van der Waals surface area contributed by atoms with Crippen molar-refractivity contribution in [3.05, 3.63) is 35.1 Å². The molecule has 0 aliphatic heterocycles. The Morgan fingerprint density at radius 1 is 1.05 bits per heavy atom. The van der Waals surface area contributed by atoms with E-state index >= 15 is 0 Å². The number of aliphatic hydroxyl groups excluding tert-OH is 2. The van der Waals surface area contributed by atoms with E-state index in [1.165, 1.54) is 26.8 Å². The average molecular weight is 529 g/mol. The summed E-state index contributed by atoms with van der Waals surface area (Å²) in [5, 5.41) is 44.0. The van der Waals surface area contributed by atoms with Gasteiger partial charge in [0, 0.05) is 23.7 Å². The Labute approximate surface area is 225 Å². The molecule has 0 aromatic rings. The molecule has 7 nitrogen and oxygen atoms in total. The Balaban J connectivity index is 1.85. The molecule has 0 saturated heterocycles. The maximum absolute atomic E-state index is 14.3. The van der Waals surface area contributed by atoms with E-state index in [1.807, 2.05) is 19.9 Å². The quantitative estimate of drug-likeness (QED) is 0.320. The molecule has 4 aliphatic rings. The molecule has 0 heterocycles. The number of carbonyl (C=O) groups excluding carboxylic acids is 3. The molecule has 0 bridgehead atoms.